The van der Waals surface area contributed by atoms with E-state index in [4.69, 9.17) is 0 Å². The molecule has 138 valence electrons. The molecule has 4 rings (SSSR count). The molecule has 5 heteroatoms. The first-order chi connectivity index (χ1) is 12.6. The van der Waals surface area contributed by atoms with Crippen LogP contribution in [0.5, 0.6) is 0 Å². The van der Waals surface area contributed by atoms with Crippen LogP contribution in [0, 0.1) is 0 Å². The summed E-state index contributed by atoms with van der Waals surface area (Å²) in [5.41, 5.74) is 4.02. The van der Waals surface area contributed by atoms with Gasteiger partial charge in [-0.3, -0.25) is 9.48 Å². The fraction of sp³-hybridized carbons (Fsp3) is 0.524. The number of carbonyl (C=O) groups is 1. The Morgan fingerprint density at radius 1 is 1.27 bits per heavy atom. The minimum Gasteiger partial charge on any atom is -0.340 e. The van der Waals surface area contributed by atoms with Crippen LogP contribution in [-0.4, -0.2) is 40.7 Å². The number of rotatable bonds is 3. The number of aryl methyl sites for hydroxylation is 2. The first-order valence-electron chi connectivity index (χ1n) is 9.66. The lowest BCUT2D eigenvalue weighted by Gasteiger charge is -2.47. The zero-order valence-electron chi connectivity index (χ0n) is 15.7. The number of piperidine rings is 1. The number of likely N-dealkylation sites (tertiary alicyclic amines) is 1. The minimum atomic E-state index is -0.322. The van der Waals surface area contributed by atoms with Crippen molar-refractivity contribution in [1.82, 2.24) is 20.0 Å². The second-order valence-electron chi connectivity index (χ2n) is 7.82. The van der Waals surface area contributed by atoms with Gasteiger partial charge in [0.05, 0.1) is 6.20 Å². The van der Waals surface area contributed by atoms with E-state index in [0.717, 1.165) is 25.1 Å². The standard InChI is InChI=1S/C21H28N4O/c1-22-19(17-13-23-24(2)14-17)20(26)25-12-6-11-21(15-25)10-5-8-16-7-3-4-9-18(16)21/h3-4,7,9,13-14,19,22H,5-6,8,10-12,15H2,1-2H3. The number of fused-ring (bicyclic) bond motifs is 2. The highest BCUT2D eigenvalue weighted by molar-refractivity contribution is 5.83. The monoisotopic (exact) mass is 352 g/mol. The van der Waals surface area contributed by atoms with Gasteiger partial charge in [0.2, 0.25) is 5.91 Å². The van der Waals surface area contributed by atoms with E-state index in [0.29, 0.717) is 0 Å². The van der Waals surface area contributed by atoms with Crippen molar-refractivity contribution in [3.05, 3.63) is 53.3 Å². The molecule has 26 heavy (non-hydrogen) atoms. The Morgan fingerprint density at radius 3 is 2.85 bits per heavy atom. The van der Waals surface area contributed by atoms with E-state index >= 15 is 0 Å². The molecular formula is C21H28N4O. The van der Waals surface area contributed by atoms with Crippen LogP contribution in [0.2, 0.25) is 0 Å². The maximum absolute atomic E-state index is 13.3. The summed E-state index contributed by atoms with van der Waals surface area (Å²) in [5.74, 6) is 0.169. The lowest BCUT2D eigenvalue weighted by molar-refractivity contribution is -0.136. The van der Waals surface area contributed by atoms with Crippen molar-refractivity contribution < 1.29 is 4.79 Å². The van der Waals surface area contributed by atoms with Crippen molar-refractivity contribution in [2.24, 2.45) is 7.05 Å². The molecule has 2 aliphatic rings. The molecule has 1 aliphatic carbocycles. The highest BCUT2D eigenvalue weighted by Gasteiger charge is 2.42. The van der Waals surface area contributed by atoms with E-state index in [9.17, 15) is 4.79 Å². The molecule has 2 unspecified atom stereocenters. The van der Waals surface area contributed by atoms with E-state index in [1.54, 1.807) is 10.9 Å². The molecule has 0 radical (unpaired) electrons. The summed E-state index contributed by atoms with van der Waals surface area (Å²) in [6.45, 7) is 1.68. The molecule has 0 bridgehead atoms. The zero-order chi connectivity index (χ0) is 18.1. The first kappa shape index (κ1) is 17.3. The Balaban J connectivity index is 1.60. The number of hydrogen-bond donors (Lipinski definition) is 1. The van der Waals surface area contributed by atoms with Crippen molar-refractivity contribution in [1.29, 1.82) is 0 Å². The summed E-state index contributed by atoms with van der Waals surface area (Å²) in [6, 6.07) is 8.53. The fourth-order valence-corrected chi connectivity index (χ4v) is 4.96. The Morgan fingerprint density at radius 2 is 2.08 bits per heavy atom. The normalized spacial score (nSPS) is 23.7. The predicted octanol–water partition coefficient (Wildman–Crippen LogP) is 2.58. The Bertz CT molecular complexity index is 799. The van der Waals surface area contributed by atoms with Crippen molar-refractivity contribution in [3.8, 4) is 0 Å². The summed E-state index contributed by atoms with van der Waals surface area (Å²) < 4.78 is 1.75. The molecule has 1 saturated heterocycles. The third-order valence-electron chi connectivity index (χ3n) is 6.17. The SMILES string of the molecule is CNC(C(=O)N1CCCC2(CCCc3ccccc32)C1)c1cnn(C)c1. The van der Waals surface area contributed by atoms with Crippen LogP contribution in [0.4, 0.5) is 0 Å². The van der Waals surface area contributed by atoms with E-state index < -0.39 is 0 Å². The molecule has 1 amide bonds. The van der Waals surface area contributed by atoms with Crippen LogP contribution >= 0.6 is 0 Å². The van der Waals surface area contributed by atoms with Gasteiger partial charge in [-0.2, -0.15) is 5.10 Å². The molecule has 2 atom stereocenters. The Kier molecular flexibility index (Phi) is 4.57. The van der Waals surface area contributed by atoms with Crippen LogP contribution in [0.1, 0.15) is 48.4 Å². The molecular weight excluding hydrogens is 324 g/mol. The van der Waals surface area contributed by atoms with Gasteiger partial charge in [0.25, 0.3) is 0 Å². The second-order valence-corrected chi connectivity index (χ2v) is 7.82. The predicted molar refractivity (Wildman–Crippen MR) is 102 cm³/mol. The minimum absolute atomic E-state index is 0.135. The van der Waals surface area contributed by atoms with Crippen molar-refractivity contribution >= 4 is 5.91 Å². The molecule has 1 spiro atoms. The topological polar surface area (TPSA) is 50.2 Å². The summed E-state index contributed by atoms with van der Waals surface area (Å²) in [6.07, 6.45) is 9.54. The van der Waals surface area contributed by atoms with E-state index in [-0.39, 0.29) is 17.4 Å². The molecule has 1 N–H and O–H groups in total. The van der Waals surface area contributed by atoms with Gasteiger partial charge in [-0.25, -0.2) is 0 Å². The van der Waals surface area contributed by atoms with E-state index in [1.807, 2.05) is 20.3 Å². The van der Waals surface area contributed by atoms with Crippen LogP contribution in [0.25, 0.3) is 0 Å². The fourth-order valence-electron chi connectivity index (χ4n) is 4.96. The van der Waals surface area contributed by atoms with Crippen molar-refractivity contribution in [3.63, 3.8) is 0 Å². The third kappa shape index (κ3) is 2.94. The van der Waals surface area contributed by atoms with Gasteiger partial charge in [-0.05, 0) is 50.3 Å². The average Bonchev–Trinajstić information content (AvgIpc) is 3.09. The summed E-state index contributed by atoms with van der Waals surface area (Å²) in [4.78, 5) is 15.4. The first-order valence-corrected chi connectivity index (χ1v) is 9.66. The molecule has 2 aromatic rings. The van der Waals surface area contributed by atoms with Gasteiger partial charge in [0.1, 0.15) is 6.04 Å². The van der Waals surface area contributed by atoms with Crippen molar-refractivity contribution in [2.45, 2.75) is 43.6 Å². The van der Waals surface area contributed by atoms with Gasteiger partial charge in [-0.1, -0.05) is 24.3 Å². The summed E-state index contributed by atoms with van der Waals surface area (Å²) in [5, 5.41) is 7.43. The second kappa shape index (κ2) is 6.88. The van der Waals surface area contributed by atoms with Gasteiger partial charge < -0.3 is 10.2 Å². The van der Waals surface area contributed by atoms with Crippen LogP contribution in [-0.2, 0) is 23.7 Å². The number of aromatic nitrogens is 2. The van der Waals surface area contributed by atoms with Crippen molar-refractivity contribution in [2.75, 3.05) is 20.1 Å². The molecule has 1 aromatic carbocycles. The zero-order valence-corrected chi connectivity index (χ0v) is 15.7. The number of hydrogen-bond acceptors (Lipinski definition) is 3. The number of benzene rings is 1. The average molecular weight is 352 g/mol. The summed E-state index contributed by atoms with van der Waals surface area (Å²) in [7, 11) is 3.74. The Hall–Kier alpha value is -2.14. The lowest BCUT2D eigenvalue weighted by atomic mass is 9.66. The quantitative estimate of drug-likeness (QED) is 0.924. The molecule has 0 saturated carbocycles. The van der Waals surface area contributed by atoms with Gasteiger partial charge in [-0.15, -0.1) is 0 Å². The maximum atomic E-state index is 13.3. The molecule has 2 heterocycles. The number of nitrogens with zero attached hydrogens (tertiary/aromatic N) is 3. The van der Waals surface area contributed by atoms with Gasteiger partial charge in [0.15, 0.2) is 0 Å². The largest absolute Gasteiger partial charge is 0.340 e. The van der Waals surface area contributed by atoms with E-state index in [1.165, 1.54) is 36.8 Å². The van der Waals surface area contributed by atoms with Gasteiger partial charge in [0, 0.05) is 37.3 Å². The highest BCUT2D eigenvalue weighted by atomic mass is 16.2. The summed E-state index contributed by atoms with van der Waals surface area (Å²) >= 11 is 0. The van der Waals surface area contributed by atoms with Crippen LogP contribution < -0.4 is 5.32 Å². The smallest absolute Gasteiger partial charge is 0.244 e. The number of amides is 1. The maximum Gasteiger partial charge on any atom is 0.244 e. The third-order valence-corrected chi connectivity index (χ3v) is 6.17. The number of carbonyl (C=O) groups excluding carboxylic acids is 1. The number of likely N-dealkylation sites (N-methyl/N-ethyl adjacent to an activating group) is 1. The Labute approximate surface area is 155 Å². The van der Waals surface area contributed by atoms with E-state index in [2.05, 4.69) is 39.6 Å². The van der Waals surface area contributed by atoms with Gasteiger partial charge >= 0.3 is 0 Å². The molecule has 1 aromatic heterocycles. The lowest BCUT2D eigenvalue weighted by Crippen LogP contribution is -2.52. The van der Waals surface area contributed by atoms with Crippen LogP contribution in [0.15, 0.2) is 36.7 Å². The molecule has 5 nitrogen and oxygen atoms in total. The van der Waals surface area contributed by atoms with Crippen LogP contribution in [0.3, 0.4) is 0 Å². The molecule has 1 fully saturated rings. The highest BCUT2D eigenvalue weighted by Crippen LogP contribution is 2.43. The molecule has 1 aliphatic heterocycles. The number of nitrogens with one attached hydrogen (secondary N) is 1.